The van der Waals surface area contributed by atoms with E-state index in [0.29, 0.717) is 6.04 Å². The number of rotatable bonds is 6. The quantitative estimate of drug-likeness (QED) is 0.840. The van der Waals surface area contributed by atoms with Gasteiger partial charge in [-0.05, 0) is 43.9 Å². The SMILES string of the molecule is CCC(N)C(c1cccnc1)N(C)CC1CCC1. The third kappa shape index (κ3) is 3.09. The largest absolute Gasteiger partial charge is 0.326 e. The maximum Gasteiger partial charge on any atom is 0.0511 e. The molecule has 0 aromatic carbocycles. The number of likely N-dealkylation sites (N-methyl/N-ethyl adjacent to an activating group) is 1. The molecule has 3 nitrogen and oxygen atoms in total. The minimum atomic E-state index is 0.180. The van der Waals surface area contributed by atoms with Crippen LogP contribution in [0.15, 0.2) is 24.5 Å². The lowest BCUT2D eigenvalue weighted by Gasteiger charge is -2.37. The van der Waals surface area contributed by atoms with Crippen LogP contribution in [0.5, 0.6) is 0 Å². The Morgan fingerprint density at radius 3 is 2.78 bits per heavy atom. The standard InChI is InChI=1S/C15H25N3/c1-3-14(16)15(13-8-5-9-17-10-13)18(2)11-12-6-4-7-12/h5,8-10,12,14-15H,3-4,6-7,11,16H2,1-2H3. The van der Waals surface area contributed by atoms with Crippen LogP contribution in [0.4, 0.5) is 0 Å². The van der Waals surface area contributed by atoms with Gasteiger partial charge in [-0.3, -0.25) is 9.88 Å². The van der Waals surface area contributed by atoms with E-state index in [-0.39, 0.29) is 6.04 Å². The lowest BCUT2D eigenvalue weighted by atomic mass is 9.84. The van der Waals surface area contributed by atoms with Gasteiger partial charge in [0.2, 0.25) is 0 Å². The first-order chi connectivity index (χ1) is 8.72. The topological polar surface area (TPSA) is 42.1 Å². The summed E-state index contributed by atoms with van der Waals surface area (Å²) in [6, 6.07) is 4.62. The summed E-state index contributed by atoms with van der Waals surface area (Å²) in [7, 11) is 2.20. The smallest absolute Gasteiger partial charge is 0.0511 e. The van der Waals surface area contributed by atoms with E-state index in [1.165, 1.54) is 24.8 Å². The van der Waals surface area contributed by atoms with Crippen molar-refractivity contribution in [1.82, 2.24) is 9.88 Å². The highest BCUT2D eigenvalue weighted by atomic mass is 15.1. The molecule has 1 heterocycles. The van der Waals surface area contributed by atoms with Crippen molar-refractivity contribution in [2.45, 2.75) is 44.7 Å². The second-order valence-corrected chi connectivity index (χ2v) is 5.54. The molecule has 2 unspecified atom stereocenters. The molecular formula is C15H25N3. The summed E-state index contributed by atoms with van der Waals surface area (Å²) in [5, 5.41) is 0. The molecule has 0 radical (unpaired) electrons. The average molecular weight is 247 g/mol. The Kier molecular flexibility index (Phi) is 4.72. The molecule has 0 spiro atoms. The Balaban J connectivity index is 2.08. The fourth-order valence-corrected chi connectivity index (χ4v) is 2.80. The number of nitrogens with two attached hydrogens (primary N) is 1. The van der Waals surface area contributed by atoms with E-state index >= 15 is 0 Å². The van der Waals surface area contributed by atoms with Crippen molar-refractivity contribution in [3.63, 3.8) is 0 Å². The van der Waals surface area contributed by atoms with Gasteiger partial charge in [0, 0.05) is 25.0 Å². The van der Waals surface area contributed by atoms with Gasteiger partial charge < -0.3 is 5.73 Å². The van der Waals surface area contributed by atoms with Crippen LogP contribution in [0.3, 0.4) is 0 Å². The van der Waals surface area contributed by atoms with Crippen LogP contribution in [-0.4, -0.2) is 29.5 Å². The summed E-state index contributed by atoms with van der Waals surface area (Å²) in [5.74, 6) is 0.873. The molecule has 1 aromatic heterocycles. The number of aromatic nitrogens is 1. The maximum absolute atomic E-state index is 6.32. The summed E-state index contributed by atoms with van der Waals surface area (Å²) >= 11 is 0. The van der Waals surface area contributed by atoms with E-state index in [0.717, 1.165) is 18.9 Å². The molecule has 1 fully saturated rings. The highest BCUT2D eigenvalue weighted by molar-refractivity contribution is 5.16. The zero-order chi connectivity index (χ0) is 13.0. The molecule has 1 saturated carbocycles. The summed E-state index contributed by atoms with van der Waals surface area (Å²) in [4.78, 5) is 6.66. The Labute approximate surface area is 110 Å². The van der Waals surface area contributed by atoms with Crippen molar-refractivity contribution < 1.29 is 0 Å². The van der Waals surface area contributed by atoms with Gasteiger partial charge in [-0.25, -0.2) is 0 Å². The van der Waals surface area contributed by atoms with E-state index in [2.05, 4.69) is 29.9 Å². The lowest BCUT2D eigenvalue weighted by molar-refractivity contribution is 0.144. The van der Waals surface area contributed by atoms with Crippen molar-refractivity contribution >= 4 is 0 Å². The number of hydrogen-bond acceptors (Lipinski definition) is 3. The van der Waals surface area contributed by atoms with E-state index in [4.69, 9.17) is 5.73 Å². The predicted octanol–water partition coefficient (Wildman–Crippen LogP) is 2.59. The Bertz CT molecular complexity index is 348. The molecule has 0 bridgehead atoms. The highest BCUT2D eigenvalue weighted by Gasteiger charge is 2.27. The highest BCUT2D eigenvalue weighted by Crippen LogP contribution is 2.30. The first kappa shape index (κ1) is 13.5. The monoisotopic (exact) mass is 247 g/mol. The van der Waals surface area contributed by atoms with E-state index < -0.39 is 0 Å². The molecule has 1 aromatic rings. The first-order valence-corrected chi connectivity index (χ1v) is 7.08. The van der Waals surface area contributed by atoms with Crippen LogP contribution in [0.2, 0.25) is 0 Å². The summed E-state index contributed by atoms with van der Waals surface area (Å²) in [6.45, 7) is 3.32. The number of hydrogen-bond donors (Lipinski definition) is 1. The summed E-state index contributed by atoms with van der Waals surface area (Å²) in [6.07, 6.45) is 8.93. The lowest BCUT2D eigenvalue weighted by Crippen LogP contribution is -2.41. The second-order valence-electron chi connectivity index (χ2n) is 5.54. The normalized spacial score (nSPS) is 19.6. The summed E-state index contributed by atoms with van der Waals surface area (Å²) < 4.78 is 0. The van der Waals surface area contributed by atoms with Crippen molar-refractivity contribution in [1.29, 1.82) is 0 Å². The third-order valence-corrected chi connectivity index (χ3v) is 4.15. The van der Waals surface area contributed by atoms with Crippen LogP contribution >= 0.6 is 0 Å². The molecule has 2 atom stereocenters. The molecule has 18 heavy (non-hydrogen) atoms. The van der Waals surface area contributed by atoms with Gasteiger partial charge >= 0.3 is 0 Å². The molecule has 0 aliphatic heterocycles. The molecule has 2 rings (SSSR count). The van der Waals surface area contributed by atoms with Gasteiger partial charge in [0.25, 0.3) is 0 Å². The molecule has 100 valence electrons. The average Bonchev–Trinajstić information content (AvgIpc) is 2.35. The zero-order valence-electron chi connectivity index (χ0n) is 11.5. The van der Waals surface area contributed by atoms with Crippen LogP contribution in [0.1, 0.15) is 44.2 Å². The molecular weight excluding hydrogens is 222 g/mol. The molecule has 2 N–H and O–H groups in total. The summed E-state index contributed by atoms with van der Waals surface area (Å²) in [5.41, 5.74) is 7.56. The Hall–Kier alpha value is -0.930. The molecule has 1 aliphatic rings. The minimum Gasteiger partial charge on any atom is -0.326 e. The van der Waals surface area contributed by atoms with Crippen molar-refractivity contribution in [3.8, 4) is 0 Å². The number of pyridine rings is 1. The third-order valence-electron chi connectivity index (χ3n) is 4.15. The van der Waals surface area contributed by atoms with Crippen LogP contribution < -0.4 is 5.73 Å². The van der Waals surface area contributed by atoms with E-state index in [1.54, 1.807) is 0 Å². The predicted molar refractivity (Wildman–Crippen MR) is 75.2 cm³/mol. The second kappa shape index (κ2) is 6.30. The fourth-order valence-electron chi connectivity index (χ4n) is 2.80. The van der Waals surface area contributed by atoms with Gasteiger partial charge in [-0.15, -0.1) is 0 Å². The van der Waals surface area contributed by atoms with Crippen LogP contribution in [-0.2, 0) is 0 Å². The van der Waals surface area contributed by atoms with Gasteiger partial charge in [-0.2, -0.15) is 0 Å². The van der Waals surface area contributed by atoms with Crippen LogP contribution in [0.25, 0.3) is 0 Å². The van der Waals surface area contributed by atoms with Crippen LogP contribution in [0, 0.1) is 5.92 Å². The first-order valence-electron chi connectivity index (χ1n) is 7.08. The fraction of sp³-hybridized carbons (Fsp3) is 0.667. The Morgan fingerprint density at radius 1 is 1.50 bits per heavy atom. The van der Waals surface area contributed by atoms with E-state index in [1.807, 2.05) is 18.5 Å². The zero-order valence-corrected chi connectivity index (χ0v) is 11.5. The van der Waals surface area contributed by atoms with Gasteiger partial charge in [0.1, 0.15) is 0 Å². The Morgan fingerprint density at radius 2 is 2.28 bits per heavy atom. The molecule has 0 saturated heterocycles. The molecule has 0 amide bonds. The van der Waals surface area contributed by atoms with Gasteiger partial charge in [0.05, 0.1) is 6.04 Å². The van der Waals surface area contributed by atoms with Gasteiger partial charge in [-0.1, -0.05) is 19.4 Å². The maximum atomic E-state index is 6.32. The minimum absolute atomic E-state index is 0.180. The van der Waals surface area contributed by atoms with E-state index in [9.17, 15) is 0 Å². The molecule has 3 heteroatoms. The van der Waals surface area contributed by atoms with Crippen molar-refractivity contribution in [2.24, 2.45) is 11.7 Å². The number of nitrogens with zero attached hydrogens (tertiary/aromatic N) is 2. The van der Waals surface area contributed by atoms with Crippen molar-refractivity contribution in [2.75, 3.05) is 13.6 Å². The molecule has 1 aliphatic carbocycles. The van der Waals surface area contributed by atoms with Gasteiger partial charge in [0.15, 0.2) is 0 Å². The van der Waals surface area contributed by atoms with Crippen molar-refractivity contribution in [3.05, 3.63) is 30.1 Å².